The highest BCUT2D eigenvalue weighted by molar-refractivity contribution is 6.37. The summed E-state index contributed by atoms with van der Waals surface area (Å²) in [6.45, 7) is 1.90. The van der Waals surface area contributed by atoms with Crippen LogP contribution in [0.1, 0.15) is 42.4 Å². The highest BCUT2D eigenvalue weighted by atomic mass is 35.5. The van der Waals surface area contributed by atoms with Crippen molar-refractivity contribution >= 4 is 34.9 Å². The molecule has 0 unspecified atom stereocenters. The van der Waals surface area contributed by atoms with Crippen molar-refractivity contribution in [3.63, 3.8) is 0 Å². The second-order valence-electron chi connectivity index (χ2n) is 7.13. The molecule has 0 bridgehead atoms. The Bertz CT molecular complexity index is 861. The Morgan fingerprint density at radius 2 is 1.93 bits per heavy atom. The Labute approximate surface area is 173 Å². The minimum Gasteiger partial charge on any atom is -0.486 e. The number of benzene rings is 2. The van der Waals surface area contributed by atoms with E-state index in [4.69, 9.17) is 33.0 Å². The van der Waals surface area contributed by atoms with Crippen LogP contribution in [0.25, 0.3) is 0 Å². The zero-order chi connectivity index (χ0) is 20.3. The predicted octanol–water partition coefficient (Wildman–Crippen LogP) is 6.00. The van der Waals surface area contributed by atoms with Gasteiger partial charge in [0, 0.05) is 18.0 Å². The molecule has 4 nitrogen and oxygen atoms in total. The lowest BCUT2D eigenvalue weighted by Gasteiger charge is -2.28. The van der Waals surface area contributed by atoms with E-state index in [1.165, 1.54) is 6.42 Å². The van der Waals surface area contributed by atoms with E-state index in [1.54, 1.807) is 24.3 Å². The van der Waals surface area contributed by atoms with Gasteiger partial charge in [-0.05, 0) is 68.0 Å². The summed E-state index contributed by atoms with van der Waals surface area (Å²) in [6, 6.07) is 7.12. The first kappa shape index (κ1) is 20.7. The van der Waals surface area contributed by atoms with E-state index in [2.05, 4.69) is 5.32 Å². The van der Waals surface area contributed by atoms with Crippen molar-refractivity contribution in [2.75, 3.05) is 5.32 Å². The smallest absolute Gasteiger partial charge is 0.303 e. The lowest BCUT2D eigenvalue weighted by atomic mass is 9.92. The minimum atomic E-state index is -0.895. The maximum atomic E-state index is 14.9. The number of hydrogen-bond acceptors (Lipinski definition) is 3. The van der Waals surface area contributed by atoms with Gasteiger partial charge < -0.3 is 15.2 Å². The Morgan fingerprint density at radius 3 is 2.50 bits per heavy atom. The second-order valence-corrected chi connectivity index (χ2v) is 7.94. The van der Waals surface area contributed by atoms with Crippen LogP contribution in [0.15, 0.2) is 24.3 Å². The number of nitrogens with one attached hydrogen (secondary N) is 1. The van der Waals surface area contributed by atoms with Crippen LogP contribution in [-0.4, -0.2) is 17.1 Å². The lowest BCUT2D eigenvalue weighted by molar-refractivity contribution is -0.136. The van der Waals surface area contributed by atoms with Gasteiger partial charge in [0.15, 0.2) is 11.6 Å². The molecule has 28 heavy (non-hydrogen) atoms. The summed E-state index contributed by atoms with van der Waals surface area (Å²) >= 11 is 12.5. The van der Waals surface area contributed by atoms with E-state index in [9.17, 15) is 9.18 Å². The fourth-order valence-electron chi connectivity index (χ4n) is 3.12. The molecule has 1 saturated carbocycles. The molecule has 1 fully saturated rings. The van der Waals surface area contributed by atoms with Crippen LogP contribution in [0.5, 0.6) is 5.75 Å². The molecule has 2 aromatic rings. The molecule has 150 valence electrons. The normalized spacial score (nSPS) is 13.9. The third kappa shape index (κ3) is 5.09. The summed E-state index contributed by atoms with van der Waals surface area (Å²) in [5, 5.41) is 12.6. The van der Waals surface area contributed by atoms with Gasteiger partial charge in [0.2, 0.25) is 0 Å². The van der Waals surface area contributed by atoms with Gasteiger partial charge in [-0.15, -0.1) is 0 Å². The molecule has 0 heterocycles. The zero-order valence-electron chi connectivity index (χ0n) is 15.5. The molecule has 1 aliphatic rings. The number of carboxylic acids is 1. The summed E-state index contributed by atoms with van der Waals surface area (Å²) in [7, 11) is 0. The van der Waals surface area contributed by atoms with Crippen LogP contribution in [0.4, 0.5) is 10.1 Å². The highest BCUT2D eigenvalue weighted by Crippen LogP contribution is 2.36. The molecule has 7 heteroatoms. The molecule has 0 radical (unpaired) electrons. The Morgan fingerprint density at radius 1 is 1.25 bits per heavy atom. The molecular formula is C21H22Cl2FNO3. The average Bonchev–Trinajstić information content (AvgIpc) is 2.58. The van der Waals surface area contributed by atoms with Crippen LogP contribution in [0.2, 0.25) is 10.0 Å². The molecule has 3 rings (SSSR count). The monoisotopic (exact) mass is 425 g/mol. The number of aliphatic carboxylic acids is 1. The number of hydrogen-bond donors (Lipinski definition) is 2. The van der Waals surface area contributed by atoms with Crippen molar-refractivity contribution in [1.82, 2.24) is 0 Å². The molecule has 0 aromatic heterocycles. The Balaban J connectivity index is 1.73. The molecule has 1 aliphatic carbocycles. The number of carbonyl (C=O) groups is 1. The van der Waals surface area contributed by atoms with Crippen LogP contribution < -0.4 is 10.1 Å². The van der Waals surface area contributed by atoms with Gasteiger partial charge >= 0.3 is 5.97 Å². The van der Waals surface area contributed by atoms with E-state index in [0.29, 0.717) is 29.3 Å². The van der Waals surface area contributed by atoms with Crippen LogP contribution in [-0.2, 0) is 17.8 Å². The topological polar surface area (TPSA) is 58.6 Å². The number of rotatable bonds is 8. The largest absolute Gasteiger partial charge is 0.486 e. The third-order valence-corrected chi connectivity index (χ3v) is 5.38. The highest BCUT2D eigenvalue weighted by Gasteiger charge is 2.20. The Kier molecular flexibility index (Phi) is 6.68. The lowest BCUT2D eigenvalue weighted by Crippen LogP contribution is -2.27. The van der Waals surface area contributed by atoms with E-state index < -0.39 is 5.97 Å². The quantitative estimate of drug-likeness (QED) is 0.544. The maximum Gasteiger partial charge on any atom is 0.303 e. The predicted molar refractivity (Wildman–Crippen MR) is 109 cm³/mol. The molecular weight excluding hydrogens is 404 g/mol. The second kappa shape index (κ2) is 9.01. The van der Waals surface area contributed by atoms with Gasteiger partial charge in [-0.1, -0.05) is 23.2 Å². The van der Waals surface area contributed by atoms with E-state index in [-0.39, 0.29) is 34.6 Å². The number of ether oxygens (including phenoxy) is 1. The fourth-order valence-corrected chi connectivity index (χ4v) is 3.76. The van der Waals surface area contributed by atoms with Crippen molar-refractivity contribution < 1.29 is 19.0 Å². The number of carboxylic acid groups (broad SMARTS) is 1. The van der Waals surface area contributed by atoms with E-state index in [1.807, 2.05) is 6.92 Å². The Hall–Kier alpha value is -1.98. The van der Waals surface area contributed by atoms with Crippen LogP contribution >= 0.6 is 23.2 Å². The minimum absolute atomic E-state index is 0.0131. The van der Waals surface area contributed by atoms with Gasteiger partial charge in [0.1, 0.15) is 6.61 Å². The molecule has 0 atom stereocenters. The first-order valence-electron chi connectivity index (χ1n) is 9.21. The van der Waals surface area contributed by atoms with E-state index >= 15 is 0 Å². The standard InChI is InChI=1S/C21H22Cl2FNO3/c1-12-7-14(20(24)18(8-12)25-15-3-2-4-15)11-28-21-16(22)9-13(10-17(21)23)5-6-19(26)27/h7-10,15,25H,2-6,11H2,1H3,(H,26,27). The average molecular weight is 426 g/mol. The van der Waals surface area contributed by atoms with Gasteiger partial charge in [-0.25, -0.2) is 4.39 Å². The summed E-state index contributed by atoms with van der Waals surface area (Å²) < 4.78 is 20.6. The van der Waals surface area contributed by atoms with Crippen molar-refractivity contribution in [2.45, 2.75) is 51.7 Å². The molecule has 0 aliphatic heterocycles. The summed E-state index contributed by atoms with van der Waals surface area (Å²) in [5.74, 6) is -0.964. The first-order chi connectivity index (χ1) is 13.3. The summed E-state index contributed by atoms with van der Waals surface area (Å²) in [4.78, 5) is 10.7. The van der Waals surface area contributed by atoms with E-state index in [0.717, 1.165) is 18.4 Å². The number of anilines is 1. The number of aryl methyl sites for hydroxylation is 2. The van der Waals surface area contributed by atoms with Gasteiger partial charge in [0.25, 0.3) is 0 Å². The number of halogens is 3. The third-order valence-electron chi connectivity index (χ3n) is 4.81. The van der Waals surface area contributed by atoms with Gasteiger partial charge in [0.05, 0.1) is 15.7 Å². The summed E-state index contributed by atoms with van der Waals surface area (Å²) in [5.41, 5.74) is 2.55. The van der Waals surface area contributed by atoms with Crippen molar-refractivity contribution in [1.29, 1.82) is 0 Å². The molecule has 0 saturated heterocycles. The molecule has 0 spiro atoms. The van der Waals surface area contributed by atoms with Crippen LogP contribution in [0, 0.1) is 12.7 Å². The van der Waals surface area contributed by atoms with Gasteiger partial charge in [-0.2, -0.15) is 0 Å². The zero-order valence-corrected chi connectivity index (χ0v) is 17.0. The molecule has 2 aromatic carbocycles. The van der Waals surface area contributed by atoms with Gasteiger partial charge in [-0.3, -0.25) is 4.79 Å². The maximum absolute atomic E-state index is 14.9. The van der Waals surface area contributed by atoms with Crippen molar-refractivity contribution in [3.05, 3.63) is 56.8 Å². The molecule has 0 amide bonds. The van der Waals surface area contributed by atoms with Crippen LogP contribution in [0.3, 0.4) is 0 Å². The van der Waals surface area contributed by atoms with Crippen molar-refractivity contribution in [3.8, 4) is 5.75 Å². The first-order valence-corrected chi connectivity index (χ1v) is 9.97. The fraction of sp³-hybridized carbons (Fsp3) is 0.381. The van der Waals surface area contributed by atoms with Crippen molar-refractivity contribution in [2.24, 2.45) is 0 Å². The molecule has 2 N–H and O–H groups in total. The SMILES string of the molecule is Cc1cc(COc2c(Cl)cc(CCC(=O)O)cc2Cl)c(F)c(NC2CCC2)c1. The summed E-state index contributed by atoms with van der Waals surface area (Å²) in [6.07, 6.45) is 3.58.